The fraction of sp³-hybridized carbons (Fsp3) is 0.167. The third kappa shape index (κ3) is 4.86. The van der Waals surface area contributed by atoms with E-state index in [1.807, 2.05) is 0 Å². The smallest absolute Gasteiger partial charge is 0.200 e. The van der Waals surface area contributed by atoms with Crippen LogP contribution in [-0.2, 0) is 4.74 Å². The molecule has 0 aliphatic heterocycles. The van der Waals surface area contributed by atoms with Gasteiger partial charge in [-0.15, -0.1) is 0 Å². The van der Waals surface area contributed by atoms with Crippen molar-refractivity contribution in [3.05, 3.63) is 22.1 Å². The van der Waals surface area contributed by atoms with Gasteiger partial charge in [-0.3, -0.25) is 0 Å². The summed E-state index contributed by atoms with van der Waals surface area (Å²) in [5.41, 5.74) is 5.35. The van der Waals surface area contributed by atoms with Gasteiger partial charge >= 0.3 is 0 Å². The highest BCUT2D eigenvalue weighted by Crippen LogP contribution is 2.07. The Labute approximate surface area is 78.7 Å². The number of allylic oxidation sites excluding steroid dienone is 1. The van der Waals surface area contributed by atoms with Gasteiger partial charge in [-0.1, -0.05) is 18.2 Å². The zero-order valence-electron chi connectivity index (χ0n) is 5.97. The quantitative estimate of drug-likeness (QED) is 0.465. The summed E-state index contributed by atoms with van der Waals surface area (Å²) in [6.45, 7) is 3.35. The zero-order valence-corrected chi connectivity index (χ0v) is 8.32. The van der Waals surface area contributed by atoms with Crippen molar-refractivity contribution in [2.75, 3.05) is 7.11 Å². The second kappa shape index (κ2) is 5.21. The standard InChI is InChI=1S/C6H8BrClN2O/c1-4(8)10-3-5(7)6(9)11-2/h3H,1,9H2,2H3/b6-5-,10-3-. The van der Waals surface area contributed by atoms with Crippen LogP contribution in [-0.4, -0.2) is 13.3 Å². The average Bonchev–Trinajstić information content (AvgIpc) is 1.98. The predicted octanol–water partition coefficient (Wildman–Crippen LogP) is 1.94. The number of hydrogen-bond donors (Lipinski definition) is 1. The molecule has 0 aromatic heterocycles. The van der Waals surface area contributed by atoms with Gasteiger partial charge in [0, 0.05) is 6.21 Å². The lowest BCUT2D eigenvalue weighted by atomic mass is 10.6. The Bertz CT molecular complexity index is 213. The van der Waals surface area contributed by atoms with Crippen molar-refractivity contribution in [1.29, 1.82) is 0 Å². The van der Waals surface area contributed by atoms with E-state index >= 15 is 0 Å². The summed E-state index contributed by atoms with van der Waals surface area (Å²) >= 11 is 8.46. The number of rotatable bonds is 3. The van der Waals surface area contributed by atoms with Gasteiger partial charge in [-0.05, 0) is 15.9 Å². The van der Waals surface area contributed by atoms with Crippen molar-refractivity contribution in [3.8, 4) is 0 Å². The first-order valence-corrected chi connectivity index (χ1v) is 3.82. The highest BCUT2D eigenvalue weighted by atomic mass is 79.9. The second-order valence-electron chi connectivity index (χ2n) is 1.55. The molecule has 0 amide bonds. The fourth-order valence-electron chi connectivity index (χ4n) is 0.288. The van der Waals surface area contributed by atoms with Gasteiger partial charge in [0.2, 0.25) is 0 Å². The highest BCUT2D eigenvalue weighted by molar-refractivity contribution is 9.12. The number of nitrogens with zero attached hydrogens (tertiary/aromatic N) is 1. The lowest BCUT2D eigenvalue weighted by molar-refractivity contribution is 0.287. The molecule has 0 spiro atoms. The summed E-state index contributed by atoms with van der Waals surface area (Å²) in [5.74, 6) is 0.242. The molecule has 0 unspecified atom stereocenters. The van der Waals surface area contributed by atoms with Crippen molar-refractivity contribution in [2.45, 2.75) is 0 Å². The van der Waals surface area contributed by atoms with Crippen LogP contribution in [0, 0.1) is 0 Å². The normalized spacial score (nSPS) is 13.0. The van der Waals surface area contributed by atoms with Crippen LogP contribution >= 0.6 is 27.5 Å². The van der Waals surface area contributed by atoms with Crippen LogP contribution < -0.4 is 5.73 Å². The van der Waals surface area contributed by atoms with Crippen LogP contribution in [0.15, 0.2) is 27.1 Å². The lowest BCUT2D eigenvalue weighted by Crippen LogP contribution is -2.01. The van der Waals surface area contributed by atoms with Crippen LogP contribution in [0.4, 0.5) is 0 Å². The van der Waals surface area contributed by atoms with Gasteiger partial charge in [-0.2, -0.15) is 0 Å². The molecule has 0 aliphatic rings. The summed E-state index contributed by atoms with van der Waals surface area (Å²) in [5, 5.41) is 0.186. The molecule has 62 valence electrons. The molecule has 5 heteroatoms. The van der Waals surface area contributed by atoms with E-state index in [0.29, 0.717) is 4.48 Å². The van der Waals surface area contributed by atoms with Crippen LogP contribution in [0.25, 0.3) is 0 Å². The van der Waals surface area contributed by atoms with E-state index in [0.717, 1.165) is 0 Å². The Balaban J connectivity index is 4.26. The fourth-order valence-corrected chi connectivity index (χ4v) is 0.601. The Morgan fingerprint density at radius 2 is 2.36 bits per heavy atom. The Kier molecular flexibility index (Phi) is 4.98. The van der Waals surface area contributed by atoms with Crippen LogP contribution in [0.5, 0.6) is 0 Å². The molecule has 11 heavy (non-hydrogen) atoms. The molecule has 3 nitrogen and oxygen atoms in total. The van der Waals surface area contributed by atoms with Crippen molar-refractivity contribution in [3.63, 3.8) is 0 Å². The number of nitrogens with two attached hydrogens (primary N) is 1. The van der Waals surface area contributed by atoms with Crippen LogP contribution in [0.3, 0.4) is 0 Å². The molecule has 2 N–H and O–H groups in total. The minimum absolute atomic E-state index is 0.186. The van der Waals surface area contributed by atoms with Crippen molar-refractivity contribution < 1.29 is 4.74 Å². The van der Waals surface area contributed by atoms with Gasteiger partial charge in [0.25, 0.3) is 0 Å². The van der Waals surface area contributed by atoms with Gasteiger partial charge in [0.1, 0.15) is 5.16 Å². The highest BCUT2D eigenvalue weighted by Gasteiger charge is 1.94. The summed E-state index contributed by atoms with van der Waals surface area (Å²) in [4.78, 5) is 3.67. The van der Waals surface area contributed by atoms with Gasteiger partial charge < -0.3 is 10.5 Å². The Hall–Kier alpha value is -0.480. The van der Waals surface area contributed by atoms with E-state index in [2.05, 4.69) is 27.5 Å². The summed E-state index contributed by atoms with van der Waals surface area (Å²) in [6, 6.07) is 0. The second-order valence-corrected chi connectivity index (χ2v) is 2.84. The Morgan fingerprint density at radius 1 is 1.82 bits per heavy atom. The summed E-state index contributed by atoms with van der Waals surface area (Å²) in [7, 11) is 1.46. The van der Waals surface area contributed by atoms with Gasteiger partial charge in [0.05, 0.1) is 11.6 Å². The summed E-state index contributed by atoms with van der Waals surface area (Å²) < 4.78 is 5.22. The minimum Gasteiger partial charge on any atom is -0.482 e. The van der Waals surface area contributed by atoms with E-state index in [4.69, 9.17) is 22.1 Å². The molecule has 0 saturated heterocycles. The van der Waals surface area contributed by atoms with E-state index in [9.17, 15) is 0 Å². The third-order valence-electron chi connectivity index (χ3n) is 0.773. The molecule has 0 bridgehead atoms. The van der Waals surface area contributed by atoms with Crippen molar-refractivity contribution in [2.24, 2.45) is 10.7 Å². The zero-order chi connectivity index (χ0) is 8.85. The summed E-state index contributed by atoms with van der Waals surface area (Å²) in [6.07, 6.45) is 1.41. The molecule has 0 rings (SSSR count). The van der Waals surface area contributed by atoms with Crippen LogP contribution in [0.2, 0.25) is 0 Å². The molecule has 0 atom stereocenters. The molecule has 0 aromatic carbocycles. The number of methoxy groups -OCH3 is 1. The number of aliphatic imine (C=N–C) groups is 1. The first-order chi connectivity index (χ1) is 5.07. The minimum atomic E-state index is 0.186. The molecule has 0 radical (unpaired) electrons. The van der Waals surface area contributed by atoms with Gasteiger partial charge in [0.15, 0.2) is 5.88 Å². The van der Waals surface area contributed by atoms with Gasteiger partial charge in [-0.25, -0.2) is 4.99 Å². The van der Waals surface area contributed by atoms with Crippen molar-refractivity contribution >= 4 is 33.7 Å². The molecule has 0 aromatic rings. The average molecular weight is 239 g/mol. The predicted molar refractivity (Wildman–Crippen MR) is 50.6 cm³/mol. The lowest BCUT2D eigenvalue weighted by Gasteiger charge is -1.97. The van der Waals surface area contributed by atoms with Crippen molar-refractivity contribution in [1.82, 2.24) is 0 Å². The molecule has 0 aliphatic carbocycles. The van der Waals surface area contributed by atoms with E-state index in [-0.39, 0.29) is 11.0 Å². The molecule has 0 heterocycles. The maximum Gasteiger partial charge on any atom is 0.200 e. The topological polar surface area (TPSA) is 47.6 Å². The number of ether oxygens (including phenoxy) is 1. The monoisotopic (exact) mass is 238 g/mol. The maximum absolute atomic E-state index is 5.35. The largest absolute Gasteiger partial charge is 0.482 e. The maximum atomic E-state index is 5.35. The number of hydrogen-bond acceptors (Lipinski definition) is 3. The Morgan fingerprint density at radius 3 is 2.73 bits per heavy atom. The molecule has 0 saturated carbocycles. The van der Waals surface area contributed by atoms with Crippen LogP contribution in [0.1, 0.15) is 0 Å². The first kappa shape index (κ1) is 10.5. The number of halogens is 2. The SMILES string of the molecule is C=C(Cl)/N=C\C(Br)=C(/N)OC. The third-order valence-corrected chi connectivity index (χ3v) is 1.47. The first-order valence-electron chi connectivity index (χ1n) is 2.65. The molecular formula is C6H8BrClN2O. The molecule has 0 fully saturated rings. The van der Waals surface area contributed by atoms with E-state index in [1.54, 1.807) is 0 Å². The van der Waals surface area contributed by atoms with E-state index < -0.39 is 0 Å². The molecular weight excluding hydrogens is 231 g/mol. The van der Waals surface area contributed by atoms with E-state index in [1.165, 1.54) is 13.3 Å².